The Kier molecular flexibility index (Phi) is 6.44. The van der Waals surface area contributed by atoms with Gasteiger partial charge in [-0.25, -0.2) is 14.4 Å². The van der Waals surface area contributed by atoms with E-state index in [1.54, 1.807) is 54.6 Å². The predicted octanol–water partition coefficient (Wildman–Crippen LogP) is 4.03. The zero-order valence-corrected chi connectivity index (χ0v) is 18.4. The molecule has 11 heteroatoms. The number of anilines is 5. The molecule has 10 nitrogen and oxygen atoms in total. The molecule has 0 spiro atoms. The number of halogens is 1. The average Bonchev–Trinajstić information content (AvgIpc) is 3.23. The fraction of sp³-hybridized carbons (Fsp3) is 0.0870. The Balaban J connectivity index is 1.72. The lowest BCUT2D eigenvalue weighted by atomic mass is 10.1. The van der Waals surface area contributed by atoms with Gasteiger partial charge >= 0.3 is 0 Å². The van der Waals surface area contributed by atoms with E-state index in [-0.39, 0.29) is 11.8 Å². The molecule has 0 unspecified atom stereocenters. The van der Waals surface area contributed by atoms with Gasteiger partial charge in [-0.05, 0) is 30.3 Å². The summed E-state index contributed by atoms with van der Waals surface area (Å²) in [6.07, 6.45) is 7.63. The quantitative estimate of drug-likeness (QED) is 0.337. The van der Waals surface area contributed by atoms with Crippen molar-refractivity contribution in [2.45, 2.75) is 0 Å². The highest BCUT2D eigenvalue weighted by atomic mass is 19.1. The first kappa shape index (κ1) is 22.4. The molecule has 4 rings (SSSR count). The zero-order chi connectivity index (χ0) is 24.1. The number of hydrogen-bond acceptors (Lipinski definition) is 8. The van der Waals surface area contributed by atoms with Crippen molar-refractivity contribution in [1.82, 2.24) is 24.7 Å². The van der Waals surface area contributed by atoms with Crippen LogP contribution in [0, 0.1) is 5.82 Å². The minimum atomic E-state index is -0.613. The summed E-state index contributed by atoms with van der Waals surface area (Å²) in [4.78, 5) is 24.6. The van der Waals surface area contributed by atoms with Crippen LogP contribution in [0.5, 0.6) is 5.88 Å². The fourth-order valence-corrected chi connectivity index (χ4v) is 3.09. The van der Waals surface area contributed by atoms with Crippen LogP contribution in [0.25, 0.3) is 11.1 Å². The zero-order valence-electron chi connectivity index (χ0n) is 18.4. The molecule has 0 saturated carbocycles. The monoisotopic (exact) mass is 460 g/mol. The molecule has 172 valence electrons. The van der Waals surface area contributed by atoms with E-state index in [0.717, 1.165) is 0 Å². The van der Waals surface area contributed by atoms with Gasteiger partial charge in [0.1, 0.15) is 5.82 Å². The molecule has 4 aromatic rings. The third-order valence-electron chi connectivity index (χ3n) is 4.64. The highest BCUT2D eigenvalue weighted by molar-refractivity contribution is 5.99. The molecule has 0 atom stereocenters. The third-order valence-corrected chi connectivity index (χ3v) is 4.64. The molecule has 3 N–H and O–H groups in total. The maximum atomic E-state index is 14.4. The van der Waals surface area contributed by atoms with Crippen molar-refractivity contribution < 1.29 is 13.9 Å². The van der Waals surface area contributed by atoms with Crippen molar-refractivity contribution in [3.63, 3.8) is 0 Å². The number of benzene rings is 1. The van der Waals surface area contributed by atoms with Gasteiger partial charge in [0.15, 0.2) is 5.82 Å². The molecule has 1 amide bonds. The first-order valence-electron chi connectivity index (χ1n) is 10.1. The second kappa shape index (κ2) is 9.77. The van der Waals surface area contributed by atoms with Gasteiger partial charge in [-0.2, -0.15) is 10.1 Å². The second-order valence-electron chi connectivity index (χ2n) is 7.10. The molecule has 1 aromatic carbocycles. The normalized spacial score (nSPS) is 10.4. The lowest BCUT2D eigenvalue weighted by molar-refractivity contribution is -0.111. The second-order valence-corrected chi connectivity index (χ2v) is 7.10. The van der Waals surface area contributed by atoms with Crippen LogP contribution in [0.3, 0.4) is 0 Å². The summed E-state index contributed by atoms with van der Waals surface area (Å²) in [7, 11) is 3.14. The lowest BCUT2D eigenvalue weighted by Crippen LogP contribution is -2.07. The number of carbonyl (C=O) groups excluding carboxylic acids is 1. The van der Waals surface area contributed by atoms with Crippen molar-refractivity contribution in [1.29, 1.82) is 0 Å². The Labute approximate surface area is 194 Å². The summed E-state index contributed by atoms with van der Waals surface area (Å²) in [5, 5.41) is 13.1. The molecule has 34 heavy (non-hydrogen) atoms. The number of pyridine rings is 1. The number of methoxy groups -OCH3 is 1. The number of nitrogens with zero attached hydrogens (tertiary/aromatic N) is 5. The smallest absolute Gasteiger partial charge is 0.250 e. The number of aromatic nitrogens is 5. The van der Waals surface area contributed by atoms with Crippen molar-refractivity contribution in [2.75, 3.05) is 23.1 Å². The minimum absolute atomic E-state index is 0.111. The molecule has 3 heterocycles. The van der Waals surface area contributed by atoms with Crippen LogP contribution >= 0.6 is 0 Å². The summed E-state index contributed by atoms with van der Waals surface area (Å²) in [5.41, 5.74) is 2.86. The van der Waals surface area contributed by atoms with Crippen molar-refractivity contribution >= 4 is 34.7 Å². The number of rotatable bonds is 8. The Morgan fingerprint density at radius 3 is 2.65 bits per heavy atom. The molecular formula is C23H21FN8O2. The van der Waals surface area contributed by atoms with Crippen LogP contribution < -0.4 is 20.7 Å². The van der Waals surface area contributed by atoms with Gasteiger partial charge in [0, 0.05) is 48.1 Å². The van der Waals surface area contributed by atoms with Gasteiger partial charge in [0.2, 0.25) is 17.7 Å². The lowest BCUT2D eigenvalue weighted by Gasteiger charge is -2.14. The van der Waals surface area contributed by atoms with Crippen molar-refractivity contribution in [3.05, 3.63) is 73.6 Å². The van der Waals surface area contributed by atoms with Gasteiger partial charge in [0.25, 0.3) is 0 Å². The predicted molar refractivity (Wildman–Crippen MR) is 127 cm³/mol. The summed E-state index contributed by atoms with van der Waals surface area (Å²) in [6.45, 7) is 3.45. The van der Waals surface area contributed by atoms with E-state index in [1.807, 2.05) is 0 Å². The van der Waals surface area contributed by atoms with Gasteiger partial charge in [-0.1, -0.05) is 12.6 Å². The average molecular weight is 460 g/mol. The molecule has 0 aliphatic carbocycles. The first-order valence-corrected chi connectivity index (χ1v) is 10.1. The minimum Gasteiger partial charge on any atom is -0.479 e. The number of nitrogens with one attached hydrogen (secondary N) is 3. The van der Waals surface area contributed by atoms with Crippen LogP contribution in [-0.4, -0.2) is 37.7 Å². The highest BCUT2D eigenvalue weighted by Crippen LogP contribution is 2.31. The molecule has 0 aliphatic heterocycles. The van der Waals surface area contributed by atoms with Gasteiger partial charge in [-0.3, -0.25) is 9.48 Å². The van der Waals surface area contributed by atoms with E-state index >= 15 is 0 Å². The van der Waals surface area contributed by atoms with E-state index in [2.05, 4.69) is 42.6 Å². The number of amides is 1. The van der Waals surface area contributed by atoms with Gasteiger partial charge in [-0.15, -0.1) is 0 Å². The Morgan fingerprint density at radius 1 is 1.12 bits per heavy atom. The number of carbonyl (C=O) groups is 1. The van der Waals surface area contributed by atoms with Gasteiger partial charge in [0.05, 0.1) is 19.0 Å². The summed E-state index contributed by atoms with van der Waals surface area (Å²) in [6, 6.07) is 8.34. The maximum Gasteiger partial charge on any atom is 0.250 e. The van der Waals surface area contributed by atoms with Gasteiger partial charge < -0.3 is 20.7 Å². The molecule has 0 radical (unpaired) electrons. The van der Waals surface area contributed by atoms with Crippen LogP contribution in [0.15, 0.2) is 67.8 Å². The Bertz CT molecular complexity index is 1350. The molecular weight excluding hydrogens is 439 g/mol. The van der Waals surface area contributed by atoms with Crippen LogP contribution in [0.2, 0.25) is 0 Å². The van der Waals surface area contributed by atoms with Crippen LogP contribution in [0.4, 0.5) is 33.2 Å². The topological polar surface area (TPSA) is 119 Å². The van der Waals surface area contributed by atoms with E-state index < -0.39 is 5.82 Å². The summed E-state index contributed by atoms with van der Waals surface area (Å²) < 4.78 is 20.9. The van der Waals surface area contributed by atoms with Crippen molar-refractivity contribution in [3.8, 4) is 17.0 Å². The summed E-state index contributed by atoms with van der Waals surface area (Å²) >= 11 is 0. The van der Waals surface area contributed by atoms with E-state index in [0.29, 0.717) is 40.0 Å². The largest absolute Gasteiger partial charge is 0.479 e. The SMILES string of the molecule is C=CC(=O)Nc1cccc(Nc2nc(Nc3cnn(C)c3)ncc2-c2cnc(OC)c(F)c2)c1. The van der Waals surface area contributed by atoms with E-state index in [1.165, 1.54) is 25.4 Å². The first-order chi connectivity index (χ1) is 16.4. The highest BCUT2D eigenvalue weighted by Gasteiger charge is 2.14. The number of aryl methyl sites for hydroxylation is 1. The molecule has 0 aliphatic rings. The number of hydrogen-bond donors (Lipinski definition) is 3. The molecule has 0 fully saturated rings. The fourth-order valence-electron chi connectivity index (χ4n) is 3.09. The molecule has 0 saturated heterocycles. The molecule has 0 bridgehead atoms. The van der Waals surface area contributed by atoms with E-state index in [4.69, 9.17) is 4.74 Å². The third kappa shape index (κ3) is 5.15. The maximum absolute atomic E-state index is 14.4. The number of ether oxygens (including phenoxy) is 1. The summed E-state index contributed by atoms with van der Waals surface area (Å²) in [5.74, 6) is -0.364. The van der Waals surface area contributed by atoms with Crippen LogP contribution in [-0.2, 0) is 11.8 Å². The van der Waals surface area contributed by atoms with Crippen LogP contribution in [0.1, 0.15) is 0 Å². The standard InChI is InChI=1S/C23H21FN8O2/c1-4-20(33)28-15-6-5-7-16(9-15)29-21-18(14-8-19(24)22(34-3)25-10-14)12-26-23(31-21)30-17-11-27-32(2)13-17/h4-13H,1H2,2-3H3,(H,28,33)(H2,26,29,30,31). The van der Waals surface area contributed by atoms with Crippen molar-refractivity contribution in [2.24, 2.45) is 7.05 Å². The Morgan fingerprint density at radius 2 is 1.94 bits per heavy atom. The van der Waals surface area contributed by atoms with E-state index in [9.17, 15) is 9.18 Å². The Hall–Kier alpha value is -4.80. The molecule has 3 aromatic heterocycles.